The Balaban J connectivity index is 2.04. The van der Waals surface area contributed by atoms with Crippen LogP contribution in [0.2, 0.25) is 0 Å². The first-order chi connectivity index (χ1) is 8.34. The molecule has 3 aromatic rings. The Morgan fingerprint density at radius 1 is 1.24 bits per heavy atom. The maximum atomic E-state index is 5.77. The Labute approximate surface area is 96.1 Å². The van der Waals surface area contributed by atoms with Crippen LogP contribution in [0.25, 0.3) is 23.0 Å². The van der Waals surface area contributed by atoms with Gasteiger partial charge in [-0.1, -0.05) is 5.16 Å². The zero-order valence-corrected chi connectivity index (χ0v) is 8.70. The number of furan rings is 1. The number of anilines is 1. The van der Waals surface area contributed by atoms with Crippen molar-refractivity contribution in [3.8, 4) is 23.0 Å². The molecule has 0 bridgehead atoms. The van der Waals surface area contributed by atoms with Crippen LogP contribution >= 0.6 is 0 Å². The van der Waals surface area contributed by atoms with Crippen molar-refractivity contribution in [2.45, 2.75) is 0 Å². The summed E-state index contributed by atoms with van der Waals surface area (Å²) in [5, 5.41) is 3.82. The van der Waals surface area contributed by atoms with Crippen LogP contribution in [0, 0.1) is 0 Å². The molecule has 0 amide bonds. The first-order valence-corrected chi connectivity index (χ1v) is 4.92. The predicted molar refractivity (Wildman–Crippen MR) is 59.6 cm³/mol. The van der Waals surface area contributed by atoms with Crippen molar-refractivity contribution in [3.63, 3.8) is 0 Å². The Morgan fingerprint density at radius 3 is 2.94 bits per heavy atom. The van der Waals surface area contributed by atoms with E-state index in [0.717, 1.165) is 0 Å². The van der Waals surface area contributed by atoms with E-state index in [1.165, 1.54) is 6.20 Å². The Kier molecular flexibility index (Phi) is 2.11. The van der Waals surface area contributed by atoms with Gasteiger partial charge in [-0.3, -0.25) is 4.98 Å². The SMILES string of the molecule is Nc1cnccc1-c1nc(-c2ccco2)no1. The number of aromatic nitrogens is 3. The summed E-state index contributed by atoms with van der Waals surface area (Å²) in [6, 6.07) is 5.23. The molecule has 0 aliphatic carbocycles. The zero-order valence-electron chi connectivity index (χ0n) is 8.70. The van der Waals surface area contributed by atoms with E-state index >= 15 is 0 Å². The third kappa shape index (κ3) is 1.65. The van der Waals surface area contributed by atoms with Crippen molar-refractivity contribution >= 4 is 5.69 Å². The fraction of sp³-hybridized carbons (Fsp3) is 0. The summed E-state index contributed by atoms with van der Waals surface area (Å²) in [5.74, 6) is 1.28. The molecule has 0 unspecified atom stereocenters. The summed E-state index contributed by atoms with van der Waals surface area (Å²) in [6.45, 7) is 0. The molecule has 3 heterocycles. The summed E-state index contributed by atoms with van der Waals surface area (Å²) in [4.78, 5) is 8.10. The van der Waals surface area contributed by atoms with Gasteiger partial charge in [-0.05, 0) is 18.2 Å². The highest BCUT2D eigenvalue weighted by molar-refractivity contribution is 5.69. The number of hydrogen-bond acceptors (Lipinski definition) is 6. The van der Waals surface area contributed by atoms with Crippen molar-refractivity contribution in [1.82, 2.24) is 15.1 Å². The van der Waals surface area contributed by atoms with Crippen LogP contribution in [0.4, 0.5) is 5.69 Å². The van der Waals surface area contributed by atoms with E-state index in [2.05, 4.69) is 15.1 Å². The molecule has 3 rings (SSSR count). The fourth-order valence-electron chi connectivity index (χ4n) is 1.44. The maximum absolute atomic E-state index is 5.77. The van der Waals surface area contributed by atoms with Crippen molar-refractivity contribution < 1.29 is 8.94 Å². The second-order valence-corrected chi connectivity index (χ2v) is 3.36. The minimum absolute atomic E-state index is 0.344. The number of hydrogen-bond donors (Lipinski definition) is 1. The van der Waals surface area contributed by atoms with Crippen LogP contribution in [0.15, 0.2) is 45.8 Å². The third-order valence-corrected chi connectivity index (χ3v) is 2.25. The topological polar surface area (TPSA) is 91.0 Å². The van der Waals surface area contributed by atoms with Gasteiger partial charge < -0.3 is 14.7 Å². The smallest absolute Gasteiger partial charge is 0.260 e. The monoisotopic (exact) mass is 228 g/mol. The van der Waals surface area contributed by atoms with Gasteiger partial charge in [0.1, 0.15) is 0 Å². The molecular formula is C11H8N4O2. The molecular weight excluding hydrogens is 220 g/mol. The van der Waals surface area contributed by atoms with Gasteiger partial charge in [0.05, 0.1) is 23.7 Å². The standard InChI is InChI=1S/C11H8N4O2/c12-8-6-13-4-3-7(8)11-14-10(15-17-11)9-2-1-5-16-9/h1-6H,12H2. The van der Waals surface area contributed by atoms with Gasteiger partial charge in [0, 0.05) is 6.20 Å². The summed E-state index contributed by atoms with van der Waals surface area (Å²) < 4.78 is 10.3. The average Bonchev–Trinajstić information content (AvgIpc) is 3.00. The molecule has 84 valence electrons. The molecule has 3 aromatic heterocycles. The van der Waals surface area contributed by atoms with Crippen molar-refractivity contribution in [3.05, 3.63) is 36.9 Å². The molecule has 17 heavy (non-hydrogen) atoms. The first-order valence-electron chi connectivity index (χ1n) is 4.92. The summed E-state index contributed by atoms with van der Waals surface area (Å²) in [5.41, 5.74) is 6.91. The number of rotatable bonds is 2. The van der Waals surface area contributed by atoms with Gasteiger partial charge in [0.2, 0.25) is 5.82 Å². The van der Waals surface area contributed by atoms with Crippen molar-refractivity contribution in [2.24, 2.45) is 0 Å². The quantitative estimate of drug-likeness (QED) is 0.721. The molecule has 6 nitrogen and oxygen atoms in total. The molecule has 0 spiro atoms. The lowest BCUT2D eigenvalue weighted by Gasteiger charge is -1.96. The lowest BCUT2D eigenvalue weighted by molar-refractivity contribution is 0.429. The van der Waals surface area contributed by atoms with Gasteiger partial charge >= 0.3 is 0 Å². The fourth-order valence-corrected chi connectivity index (χ4v) is 1.44. The molecule has 0 radical (unpaired) electrons. The number of nitrogen functional groups attached to an aromatic ring is 1. The van der Waals surface area contributed by atoms with Gasteiger partial charge in [0.15, 0.2) is 5.76 Å². The van der Waals surface area contributed by atoms with Crippen molar-refractivity contribution in [1.29, 1.82) is 0 Å². The van der Waals surface area contributed by atoms with E-state index in [4.69, 9.17) is 14.7 Å². The van der Waals surface area contributed by atoms with Crippen LogP contribution in [0.1, 0.15) is 0 Å². The number of pyridine rings is 1. The molecule has 0 saturated carbocycles. The molecule has 6 heteroatoms. The van der Waals surface area contributed by atoms with Crippen LogP contribution in [0.5, 0.6) is 0 Å². The van der Waals surface area contributed by atoms with Crippen LogP contribution < -0.4 is 5.73 Å². The maximum Gasteiger partial charge on any atom is 0.260 e. The molecule has 0 aromatic carbocycles. The Morgan fingerprint density at radius 2 is 2.18 bits per heavy atom. The highest BCUT2D eigenvalue weighted by Crippen LogP contribution is 2.25. The molecule has 0 aliphatic heterocycles. The minimum Gasteiger partial charge on any atom is -0.461 e. The molecule has 2 N–H and O–H groups in total. The Bertz CT molecular complexity index is 630. The second kappa shape index (κ2) is 3.75. The van der Waals surface area contributed by atoms with E-state index in [9.17, 15) is 0 Å². The largest absolute Gasteiger partial charge is 0.461 e. The van der Waals surface area contributed by atoms with E-state index < -0.39 is 0 Å². The highest BCUT2D eigenvalue weighted by atomic mass is 16.5. The predicted octanol–water partition coefficient (Wildman–Crippen LogP) is 1.97. The van der Waals surface area contributed by atoms with Gasteiger partial charge in [-0.25, -0.2) is 0 Å². The normalized spacial score (nSPS) is 10.6. The van der Waals surface area contributed by atoms with Gasteiger partial charge in [0.25, 0.3) is 5.89 Å². The van der Waals surface area contributed by atoms with E-state index in [1.807, 2.05) is 0 Å². The Hall–Kier alpha value is -2.63. The van der Waals surface area contributed by atoms with E-state index in [1.54, 1.807) is 30.7 Å². The lowest BCUT2D eigenvalue weighted by Crippen LogP contribution is -1.90. The van der Waals surface area contributed by atoms with Crippen molar-refractivity contribution in [2.75, 3.05) is 5.73 Å². The summed E-state index contributed by atoms with van der Waals surface area (Å²) in [7, 11) is 0. The minimum atomic E-state index is 0.344. The van der Waals surface area contributed by atoms with Crippen LogP contribution in [-0.4, -0.2) is 15.1 Å². The highest BCUT2D eigenvalue weighted by Gasteiger charge is 2.14. The van der Waals surface area contributed by atoms with Crippen LogP contribution in [-0.2, 0) is 0 Å². The summed E-state index contributed by atoms with van der Waals surface area (Å²) in [6.07, 6.45) is 4.70. The molecule has 0 aliphatic rings. The molecule has 0 fully saturated rings. The molecule has 0 atom stereocenters. The molecule has 0 saturated heterocycles. The number of nitrogens with two attached hydrogens (primary N) is 1. The van der Waals surface area contributed by atoms with Gasteiger partial charge in [-0.15, -0.1) is 0 Å². The first kappa shape index (κ1) is 9.59. The van der Waals surface area contributed by atoms with E-state index in [-0.39, 0.29) is 0 Å². The number of nitrogens with zero attached hydrogens (tertiary/aromatic N) is 3. The third-order valence-electron chi connectivity index (χ3n) is 2.25. The van der Waals surface area contributed by atoms with Gasteiger partial charge in [-0.2, -0.15) is 4.98 Å². The van der Waals surface area contributed by atoms with Crippen LogP contribution in [0.3, 0.4) is 0 Å². The second-order valence-electron chi connectivity index (χ2n) is 3.36. The lowest BCUT2D eigenvalue weighted by atomic mass is 10.2. The van der Waals surface area contributed by atoms with E-state index in [0.29, 0.717) is 28.7 Å². The summed E-state index contributed by atoms with van der Waals surface area (Å²) >= 11 is 0. The average molecular weight is 228 g/mol. The zero-order chi connectivity index (χ0) is 11.7.